The molecular formula is C12H11Cl2NO2S2. The quantitative estimate of drug-likeness (QED) is 0.851. The van der Waals surface area contributed by atoms with Crippen molar-refractivity contribution in [3.05, 3.63) is 49.9 Å². The number of halogens is 2. The molecule has 0 saturated carbocycles. The normalized spacial score (nSPS) is 11.7. The molecule has 0 N–H and O–H groups in total. The maximum atomic E-state index is 12.1. The number of aryl methyl sites for hydroxylation is 1. The van der Waals surface area contributed by atoms with Crippen LogP contribution in [-0.4, -0.2) is 13.4 Å². The fourth-order valence-corrected chi connectivity index (χ4v) is 4.33. The Bertz CT molecular complexity index is 696. The van der Waals surface area contributed by atoms with E-state index < -0.39 is 9.84 Å². The number of sulfone groups is 1. The summed E-state index contributed by atoms with van der Waals surface area (Å²) in [5.41, 5.74) is 1.13. The molecule has 0 unspecified atom stereocenters. The van der Waals surface area contributed by atoms with Crippen molar-refractivity contribution >= 4 is 44.4 Å². The van der Waals surface area contributed by atoms with Crippen molar-refractivity contribution in [2.45, 2.75) is 18.4 Å². The van der Waals surface area contributed by atoms with Crippen molar-refractivity contribution in [2.24, 2.45) is 0 Å². The van der Waals surface area contributed by atoms with E-state index >= 15 is 0 Å². The molecule has 2 aromatic rings. The largest absolute Gasteiger partial charge is 0.246 e. The van der Waals surface area contributed by atoms with E-state index in [2.05, 4.69) is 4.98 Å². The zero-order valence-electron chi connectivity index (χ0n) is 10.1. The standard InChI is InChI=1S/C12H11Cl2NO2S2/c1-8-15-11(5-18-8)7-19(16,17)6-9-2-3-10(13)4-12(9)14/h2-5H,6-7H2,1H3. The summed E-state index contributed by atoms with van der Waals surface area (Å²) in [6.07, 6.45) is 0. The van der Waals surface area contributed by atoms with E-state index in [1.54, 1.807) is 23.6 Å². The molecule has 102 valence electrons. The van der Waals surface area contributed by atoms with Gasteiger partial charge in [-0.25, -0.2) is 13.4 Å². The number of hydrogen-bond acceptors (Lipinski definition) is 4. The lowest BCUT2D eigenvalue weighted by molar-refractivity contribution is 0.594. The number of nitrogens with zero attached hydrogens (tertiary/aromatic N) is 1. The predicted molar refractivity (Wildman–Crippen MR) is 79.6 cm³/mol. The Morgan fingerprint density at radius 1 is 1.26 bits per heavy atom. The van der Waals surface area contributed by atoms with Crippen LogP contribution in [-0.2, 0) is 21.3 Å². The maximum Gasteiger partial charge on any atom is 0.160 e. The second-order valence-electron chi connectivity index (χ2n) is 4.13. The number of thiazole rings is 1. The third-order valence-corrected chi connectivity index (χ3v) is 5.32. The molecule has 1 heterocycles. The summed E-state index contributed by atoms with van der Waals surface area (Å²) in [6, 6.07) is 4.81. The first-order valence-corrected chi connectivity index (χ1v) is 8.87. The van der Waals surface area contributed by atoms with E-state index in [1.807, 2.05) is 6.92 Å². The van der Waals surface area contributed by atoms with Crippen molar-refractivity contribution in [1.29, 1.82) is 0 Å². The van der Waals surface area contributed by atoms with Crippen molar-refractivity contribution in [1.82, 2.24) is 4.98 Å². The first kappa shape index (κ1) is 14.8. The Morgan fingerprint density at radius 2 is 2.00 bits per heavy atom. The summed E-state index contributed by atoms with van der Waals surface area (Å²) in [4.78, 5) is 4.16. The molecule has 0 bridgehead atoms. The minimum absolute atomic E-state index is 0.0731. The first-order chi connectivity index (χ1) is 8.85. The van der Waals surface area contributed by atoms with Gasteiger partial charge in [0, 0.05) is 15.4 Å². The van der Waals surface area contributed by atoms with Gasteiger partial charge in [-0.3, -0.25) is 0 Å². The smallest absolute Gasteiger partial charge is 0.160 e. The highest BCUT2D eigenvalue weighted by Gasteiger charge is 2.16. The Morgan fingerprint density at radius 3 is 2.58 bits per heavy atom. The van der Waals surface area contributed by atoms with E-state index in [4.69, 9.17) is 23.2 Å². The van der Waals surface area contributed by atoms with Crippen LogP contribution in [0, 0.1) is 6.92 Å². The number of benzene rings is 1. The van der Waals surface area contributed by atoms with Crippen LogP contribution in [0.5, 0.6) is 0 Å². The predicted octanol–water partition coefficient (Wildman–Crippen LogP) is 3.87. The molecule has 3 nitrogen and oxygen atoms in total. The van der Waals surface area contributed by atoms with Gasteiger partial charge in [-0.15, -0.1) is 11.3 Å². The van der Waals surface area contributed by atoms with Crippen LogP contribution >= 0.6 is 34.5 Å². The molecule has 0 saturated heterocycles. The second kappa shape index (κ2) is 5.79. The number of aromatic nitrogens is 1. The fraction of sp³-hybridized carbons (Fsp3) is 0.250. The van der Waals surface area contributed by atoms with Crippen LogP contribution in [0.3, 0.4) is 0 Å². The van der Waals surface area contributed by atoms with E-state index in [9.17, 15) is 8.42 Å². The summed E-state index contributed by atoms with van der Waals surface area (Å²) >= 11 is 13.2. The monoisotopic (exact) mass is 335 g/mol. The van der Waals surface area contributed by atoms with Gasteiger partial charge in [-0.1, -0.05) is 29.3 Å². The lowest BCUT2D eigenvalue weighted by atomic mass is 10.2. The molecule has 0 atom stereocenters. The van der Waals surface area contributed by atoms with Crippen LogP contribution in [0.1, 0.15) is 16.3 Å². The molecular weight excluding hydrogens is 325 g/mol. The summed E-state index contributed by atoms with van der Waals surface area (Å²) in [5, 5.41) is 3.47. The zero-order chi connectivity index (χ0) is 14.0. The highest BCUT2D eigenvalue weighted by Crippen LogP contribution is 2.24. The molecule has 0 amide bonds. The Labute approximate surface area is 126 Å². The first-order valence-electron chi connectivity index (χ1n) is 5.41. The van der Waals surface area contributed by atoms with Crippen LogP contribution in [0.25, 0.3) is 0 Å². The number of rotatable bonds is 4. The third-order valence-electron chi connectivity index (χ3n) is 2.42. The Balaban J connectivity index is 2.17. The zero-order valence-corrected chi connectivity index (χ0v) is 13.2. The summed E-state index contributed by atoms with van der Waals surface area (Å²) < 4.78 is 24.2. The maximum absolute atomic E-state index is 12.1. The molecule has 0 aliphatic carbocycles. The lowest BCUT2D eigenvalue weighted by Crippen LogP contribution is -2.08. The van der Waals surface area contributed by atoms with Gasteiger partial charge >= 0.3 is 0 Å². The molecule has 0 aliphatic rings. The molecule has 0 aliphatic heterocycles. The SMILES string of the molecule is Cc1nc(CS(=O)(=O)Cc2ccc(Cl)cc2Cl)cs1. The molecule has 2 rings (SSSR count). The Hall–Kier alpha value is -0.620. The fourth-order valence-electron chi connectivity index (χ4n) is 1.63. The Kier molecular flexibility index (Phi) is 4.50. The lowest BCUT2D eigenvalue weighted by Gasteiger charge is -2.05. The van der Waals surface area contributed by atoms with E-state index in [0.29, 0.717) is 21.3 Å². The summed E-state index contributed by atoms with van der Waals surface area (Å²) in [6.45, 7) is 1.84. The van der Waals surface area contributed by atoms with Crippen LogP contribution in [0.2, 0.25) is 10.0 Å². The highest BCUT2D eigenvalue weighted by molar-refractivity contribution is 7.89. The molecule has 19 heavy (non-hydrogen) atoms. The average molecular weight is 336 g/mol. The minimum atomic E-state index is -3.29. The molecule has 1 aromatic heterocycles. The van der Waals surface area contributed by atoms with Crippen molar-refractivity contribution in [3.63, 3.8) is 0 Å². The van der Waals surface area contributed by atoms with Gasteiger partial charge in [0.25, 0.3) is 0 Å². The average Bonchev–Trinajstić information content (AvgIpc) is 2.67. The van der Waals surface area contributed by atoms with Gasteiger partial charge in [-0.2, -0.15) is 0 Å². The number of hydrogen-bond donors (Lipinski definition) is 0. The third kappa shape index (κ3) is 4.18. The van der Waals surface area contributed by atoms with Gasteiger partial charge in [0.1, 0.15) is 0 Å². The van der Waals surface area contributed by atoms with Gasteiger partial charge in [0.15, 0.2) is 9.84 Å². The van der Waals surface area contributed by atoms with Gasteiger partial charge < -0.3 is 0 Å². The second-order valence-corrected chi connectivity index (χ2v) is 8.10. The van der Waals surface area contributed by atoms with Crippen molar-refractivity contribution in [3.8, 4) is 0 Å². The van der Waals surface area contributed by atoms with Crippen LogP contribution in [0.15, 0.2) is 23.6 Å². The van der Waals surface area contributed by atoms with Crippen molar-refractivity contribution in [2.75, 3.05) is 0 Å². The minimum Gasteiger partial charge on any atom is -0.246 e. The summed E-state index contributed by atoms with van der Waals surface area (Å²) in [5.74, 6) is -0.185. The molecule has 0 fully saturated rings. The van der Waals surface area contributed by atoms with E-state index in [1.165, 1.54) is 11.3 Å². The molecule has 1 aromatic carbocycles. The van der Waals surface area contributed by atoms with Gasteiger partial charge in [0.2, 0.25) is 0 Å². The van der Waals surface area contributed by atoms with Gasteiger partial charge in [0.05, 0.1) is 22.2 Å². The van der Waals surface area contributed by atoms with Crippen LogP contribution in [0.4, 0.5) is 0 Å². The molecule has 0 radical (unpaired) electrons. The van der Waals surface area contributed by atoms with Crippen LogP contribution < -0.4 is 0 Å². The topological polar surface area (TPSA) is 47.0 Å². The van der Waals surface area contributed by atoms with E-state index in [-0.39, 0.29) is 11.5 Å². The van der Waals surface area contributed by atoms with Gasteiger partial charge in [-0.05, 0) is 24.6 Å². The van der Waals surface area contributed by atoms with Crippen molar-refractivity contribution < 1.29 is 8.42 Å². The van der Waals surface area contributed by atoms with E-state index in [0.717, 1.165) is 5.01 Å². The highest BCUT2D eigenvalue weighted by atomic mass is 35.5. The molecule has 7 heteroatoms. The molecule has 0 spiro atoms. The summed E-state index contributed by atoms with van der Waals surface area (Å²) in [7, 11) is -3.29.